The molecule has 2 unspecified atom stereocenters. The average Bonchev–Trinajstić information content (AvgIpc) is 2.87. The lowest BCUT2D eigenvalue weighted by Gasteiger charge is -2.30. The van der Waals surface area contributed by atoms with Gasteiger partial charge in [0.25, 0.3) is 0 Å². The highest BCUT2D eigenvalue weighted by Gasteiger charge is 2.41. The van der Waals surface area contributed by atoms with E-state index in [4.69, 9.17) is 0 Å². The molecule has 0 aliphatic carbocycles. The maximum Gasteiger partial charge on any atom is 0.327 e. The van der Waals surface area contributed by atoms with Crippen LogP contribution in [0.5, 0.6) is 0 Å². The van der Waals surface area contributed by atoms with Crippen LogP contribution in [-0.2, 0) is 20.8 Å². The second-order valence-electron chi connectivity index (χ2n) is 5.13. The lowest BCUT2D eigenvalue weighted by Crippen LogP contribution is -2.60. The van der Waals surface area contributed by atoms with Gasteiger partial charge in [-0.3, -0.25) is 19.8 Å². The van der Waals surface area contributed by atoms with E-state index in [-0.39, 0.29) is 24.9 Å². The number of carboxylic acid groups (broad SMARTS) is 1. The van der Waals surface area contributed by atoms with Gasteiger partial charge in [-0.15, -0.1) is 0 Å². The number of aliphatic carboxylic acids is 1. The Balaban J connectivity index is 1.89. The zero-order valence-electron chi connectivity index (χ0n) is 11.2. The normalized spacial score (nSPS) is 24.4. The van der Waals surface area contributed by atoms with Crippen LogP contribution in [0.1, 0.15) is 5.56 Å². The van der Waals surface area contributed by atoms with Crippen molar-refractivity contribution in [2.24, 2.45) is 0 Å². The molecule has 3 rings (SSSR count). The molecular formula is C14H15N3O4. The topological polar surface area (TPSA) is 98.7 Å². The molecule has 2 amide bonds. The van der Waals surface area contributed by atoms with Crippen LogP contribution in [0, 0.1) is 0 Å². The molecule has 1 aromatic rings. The molecule has 2 aliphatic rings. The van der Waals surface area contributed by atoms with Gasteiger partial charge in [-0.1, -0.05) is 18.2 Å². The summed E-state index contributed by atoms with van der Waals surface area (Å²) in [5.74, 6) is -1.53. The summed E-state index contributed by atoms with van der Waals surface area (Å²) in [6.07, 6.45) is 0.302. The molecule has 7 heteroatoms. The molecule has 21 heavy (non-hydrogen) atoms. The number of para-hydroxylation sites is 1. The SMILES string of the molecule is O=C1CNC(C(=O)N2c3ccccc3CC2C(=O)O)CN1. The van der Waals surface area contributed by atoms with Crippen LogP contribution in [0.3, 0.4) is 0 Å². The maximum absolute atomic E-state index is 12.6. The first-order valence-corrected chi connectivity index (χ1v) is 6.72. The number of benzene rings is 1. The summed E-state index contributed by atoms with van der Waals surface area (Å²) in [6.45, 7) is 0.228. The number of anilines is 1. The highest BCUT2D eigenvalue weighted by Crippen LogP contribution is 2.32. The summed E-state index contributed by atoms with van der Waals surface area (Å²) in [5.41, 5.74) is 1.48. The van der Waals surface area contributed by atoms with Crippen LogP contribution in [-0.4, -0.2) is 48.1 Å². The second kappa shape index (κ2) is 5.17. The van der Waals surface area contributed by atoms with E-state index in [1.807, 2.05) is 12.1 Å². The predicted octanol–water partition coefficient (Wildman–Crippen LogP) is -0.883. The molecule has 0 spiro atoms. The molecule has 0 bridgehead atoms. The molecule has 0 aromatic heterocycles. The summed E-state index contributed by atoms with van der Waals surface area (Å²) in [6, 6.07) is 5.68. The third-order valence-corrected chi connectivity index (χ3v) is 3.81. The smallest absolute Gasteiger partial charge is 0.327 e. The van der Waals surface area contributed by atoms with E-state index in [2.05, 4.69) is 10.6 Å². The second-order valence-corrected chi connectivity index (χ2v) is 5.13. The molecular weight excluding hydrogens is 274 g/mol. The summed E-state index contributed by atoms with van der Waals surface area (Å²) in [4.78, 5) is 36.5. The van der Waals surface area contributed by atoms with Crippen molar-refractivity contribution in [2.45, 2.75) is 18.5 Å². The summed E-state index contributed by atoms with van der Waals surface area (Å²) in [7, 11) is 0. The molecule has 1 fully saturated rings. The van der Waals surface area contributed by atoms with E-state index in [0.717, 1.165) is 5.56 Å². The Hall–Kier alpha value is -2.41. The Labute approximate surface area is 120 Å². The van der Waals surface area contributed by atoms with Gasteiger partial charge in [0, 0.05) is 18.7 Å². The number of hydrogen-bond donors (Lipinski definition) is 3. The third-order valence-electron chi connectivity index (χ3n) is 3.81. The number of amides is 2. The van der Waals surface area contributed by atoms with E-state index in [1.54, 1.807) is 12.1 Å². The highest BCUT2D eigenvalue weighted by molar-refractivity contribution is 6.05. The minimum Gasteiger partial charge on any atom is -0.480 e. The van der Waals surface area contributed by atoms with Gasteiger partial charge in [0.05, 0.1) is 6.54 Å². The van der Waals surface area contributed by atoms with E-state index >= 15 is 0 Å². The van der Waals surface area contributed by atoms with Crippen LogP contribution >= 0.6 is 0 Å². The first-order chi connectivity index (χ1) is 10.1. The molecule has 1 saturated heterocycles. The number of piperazine rings is 1. The van der Waals surface area contributed by atoms with Gasteiger partial charge in [-0.05, 0) is 11.6 Å². The largest absolute Gasteiger partial charge is 0.480 e. The standard InChI is InChI=1S/C14H15N3O4/c18-12-7-15-9(6-16-12)13(19)17-10-4-2-1-3-8(10)5-11(17)14(20)21/h1-4,9,11,15H,5-7H2,(H,16,18)(H,20,21). The zero-order valence-corrected chi connectivity index (χ0v) is 11.2. The number of hydrogen-bond acceptors (Lipinski definition) is 4. The molecule has 7 nitrogen and oxygen atoms in total. The monoisotopic (exact) mass is 289 g/mol. The molecule has 0 saturated carbocycles. The molecule has 1 aromatic carbocycles. The van der Waals surface area contributed by atoms with Crippen molar-refractivity contribution in [3.8, 4) is 0 Å². The summed E-state index contributed by atoms with van der Waals surface area (Å²) < 4.78 is 0. The Morgan fingerprint density at radius 3 is 2.71 bits per heavy atom. The number of nitrogens with one attached hydrogen (secondary N) is 2. The van der Waals surface area contributed by atoms with Gasteiger partial charge in [-0.25, -0.2) is 4.79 Å². The predicted molar refractivity (Wildman–Crippen MR) is 73.9 cm³/mol. The van der Waals surface area contributed by atoms with Crippen LogP contribution in [0.4, 0.5) is 5.69 Å². The number of carboxylic acids is 1. The van der Waals surface area contributed by atoms with Crippen LogP contribution in [0.25, 0.3) is 0 Å². The van der Waals surface area contributed by atoms with Crippen molar-refractivity contribution >= 4 is 23.5 Å². The van der Waals surface area contributed by atoms with Gasteiger partial charge in [-0.2, -0.15) is 0 Å². The minimum atomic E-state index is -1.03. The average molecular weight is 289 g/mol. The van der Waals surface area contributed by atoms with Crippen molar-refractivity contribution in [1.29, 1.82) is 0 Å². The van der Waals surface area contributed by atoms with Gasteiger partial charge >= 0.3 is 5.97 Å². The number of rotatable bonds is 2. The zero-order chi connectivity index (χ0) is 15.0. The van der Waals surface area contributed by atoms with E-state index in [9.17, 15) is 19.5 Å². The lowest BCUT2D eigenvalue weighted by atomic mass is 10.1. The Bertz CT molecular complexity index is 606. The molecule has 2 aliphatic heterocycles. The maximum atomic E-state index is 12.6. The van der Waals surface area contributed by atoms with Crippen molar-refractivity contribution in [3.63, 3.8) is 0 Å². The highest BCUT2D eigenvalue weighted by atomic mass is 16.4. The molecule has 2 heterocycles. The van der Waals surface area contributed by atoms with Crippen molar-refractivity contribution in [2.75, 3.05) is 18.0 Å². The van der Waals surface area contributed by atoms with Gasteiger partial charge in [0.2, 0.25) is 11.8 Å². The van der Waals surface area contributed by atoms with Gasteiger partial charge in [0.1, 0.15) is 12.1 Å². The van der Waals surface area contributed by atoms with E-state index < -0.39 is 18.1 Å². The quantitative estimate of drug-likeness (QED) is 0.656. The Morgan fingerprint density at radius 1 is 1.29 bits per heavy atom. The van der Waals surface area contributed by atoms with Crippen LogP contribution < -0.4 is 15.5 Å². The summed E-state index contributed by atoms with van der Waals surface area (Å²) in [5, 5.41) is 14.8. The Kier molecular flexibility index (Phi) is 3.34. The van der Waals surface area contributed by atoms with Crippen molar-refractivity contribution < 1.29 is 19.5 Å². The fraction of sp³-hybridized carbons (Fsp3) is 0.357. The lowest BCUT2D eigenvalue weighted by molar-refractivity contribution is -0.140. The minimum absolute atomic E-state index is 0.0592. The third kappa shape index (κ3) is 2.36. The van der Waals surface area contributed by atoms with E-state index in [0.29, 0.717) is 12.1 Å². The van der Waals surface area contributed by atoms with Gasteiger partial charge in [0.15, 0.2) is 0 Å². The van der Waals surface area contributed by atoms with Crippen molar-refractivity contribution in [3.05, 3.63) is 29.8 Å². The fourth-order valence-electron chi connectivity index (χ4n) is 2.76. The Morgan fingerprint density at radius 2 is 2.05 bits per heavy atom. The molecule has 3 N–H and O–H groups in total. The fourth-order valence-corrected chi connectivity index (χ4v) is 2.76. The van der Waals surface area contributed by atoms with Crippen LogP contribution in [0.15, 0.2) is 24.3 Å². The van der Waals surface area contributed by atoms with E-state index in [1.165, 1.54) is 4.90 Å². The molecule has 110 valence electrons. The number of carbonyl (C=O) groups excluding carboxylic acids is 2. The first-order valence-electron chi connectivity index (χ1n) is 6.72. The summed E-state index contributed by atoms with van der Waals surface area (Å²) >= 11 is 0. The van der Waals surface area contributed by atoms with Gasteiger partial charge < -0.3 is 10.4 Å². The number of nitrogens with zero attached hydrogens (tertiary/aromatic N) is 1. The molecule has 2 atom stereocenters. The number of carbonyl (C=O) groups is 3. The van der Waals surface area contributed by atoms with Crippen molar-refractivity contribution in [1.82, 2.24) is 10.6 Å². The molecule has 0 radical (unpaired) electrons. The number of fused-ring (bicyclic) bond motifs is 1. The first kappa shape index (κ1) is 13.6. The van der Waals surface area contributed by atoms with Crippen LogP contribution in [0.2, 0.25) is 0 Å².